The van der Waals surface area contributed by atoms with E-state index in [4.69, 9.17) is 99.4 Å². The normalized spacial score (nSPS) is 11.1. The van der Waals surface area contributed by atoms with Gasteiger partial charge in [0, 0.05) is 52.4 Å². The molecule has 0 aromatic rings. The molecule has 0 spiro atoms. The largest absolute Gasteiger partial charge is 4.00 e. The first kappa shape index (κ1) is 139. The van der Waals surface area contributed by atoms with Crippen LogP contribution in [0.5, 0.6) is 0 Å². The van der Waals surface area contributed by atoms with E-state index >= 15 is 0 Å². The molecule has 129 heavy (non-hydrogen) atoms. The van der Waals surface area contributed by atoms with Crippen LogP contribution in [0, 0.1) is 0 Å². The van der Waals surface area contributed by atoms with E-state index in [2.05, 4.69) is 75.0 Å². The first-order valence-electron chi connectivity index (χ1n) is 58.7. The Kier molecular flexibility index (Phi) is 137. The number of hydrogen-bond donors (Lipinski definition) is 0. The van der Waals surface area contributed by atoms with Crippen molar-refractivity contribution in [2.45, 2.75) is 672 Å². The van der Waals surface area contributed by atoms with Gasteiger partial charge in [-0.1, -0.05) is 638 Å². The van der Waals surface area contributed by atoms with Gasteiger partial charge < -0.3 is 119 Å². The molecule has 4 nitrogen and oxygen atoms in total. The van der Waals surface area contributed by atoms with Crippen molar-refractivity contribution in [2.75, 3.05) is 52.4 Å². The minimum atomic E-state index is 0. The summed E-state index contributed by atoms with van der Waals surface area (Å²) in [6.07, 6.45) is 134. The number of rotatable bonds is 104. The molecule has 0 N–H and O–H groups in total. The predicted molar refractivity (Wildman–Crippen MR) is 621 cm³/mol. The van der Waals surface area contributed by atoms with Crippen molar-refractivity contribution in [3.8, 4) is 0 Å². The zero-order chi connectivity index (χ0) is 94.2. The monoisotopic (exact) mass is 2150 g/mol. The summed E-state index contributed by atoms with van der Waals surface area (Å²) < 4.78 is 2.76. The molecular weight excluding hydrogens is 1910 g/mol. The molecule has 0 aliphatic carbocycles. The molecule has 0 radical (unpaired) electrons. The van der Waals surface area contributed by atoms with Crippen LogP contribution in [0.1, 0.15) is 672 Å². The third-order valence-corrected chi connectivity index (χ3v) is 29.4. The molecule has 0 saturated heterocycles. The Morgan fingerprint density at radius 3 is 0.225 bits per heavy atom. The summed E-state index contributed by atoms with van der Waals surface area (Å²) in [4.78, 5) is 9.16. The van der Waals surface area contributed by atoms with Crippen LogP contribution in [-0.4, -0.2) is 117 Å². The predicted octanol–water partition coefficient (Wildman–Crippen LogP) is 41.7. The van der Waals surface area contributed by atoms with Gasteiger partial charge in [0.05, 0.1) is 0 Å². The second-order valence-electron chi connectivity index (χ2n) is 40.1. The summed E-state index contributed by atoms with van der Waals surface area (Å²) in [6, 6.07) is 0. The summed E-state index contributed by atoms with van der Waals surface area (Å²) >= 11 is 42.6. The van der Waals surface area contributed by atoms with E-state index < -0.39 is 0 Å². The first-order valence-corrected chi connectivity index (χ1v) is 62.0. The zero-order valence-electron chi connectivity index (χ0n) is 89.1. The quantitative estimate of drug-likeness (QED) is 0.0249. The Balaban J connectivity index is -0.000000528. The molecule has 768 valence electrons. The second kappa shape index (κ2) is 127. The fourth-order valence-electron chi connectivity index (χ4n) is 18.3. The van der Waals surface area contributed by atoms with Crippen molar-refractivity contribution in [1.82, 2.24) is 19.6 Å². The van der Waals surface area contributed by atoms with Crippen molar-refractivity contribution >= 4 is 144 Å². The Morgan fingerprint density at radius 2 is 0.171 bits per heavy atom. The minimum absolute atomic E-state index is 0. The fraction of sp³-hybridized carbons (Fsp3) is 0.966. The van der Waals surface area contributed by atoms with Crippen molar-refractivity contribution < 1.29 is 0 Å². The van der Waals surface area contributed by atoms with Crippen LogP contribution < -0.4 is 0 Å². The van der Waals surface area contributed by atoms with E-state index in [9.17, 15) is 0 Å². The average molecular weight is 2150 g/mol. The maximum absolute atomic E-state index is 5.33. The van der Waals surface area contributed by atoms with Gasteiger partial charge >= 0.3 is 27.3 Å². The molecule has 0 fully saturated rings. The minimum Gasteiger partial charge on any atom is -0.411 e. The maximum atomic E-state index is 5.33. The molecule has 0 aromatic heterocycles. The van der Waals surface area contributed by atoms with Gasteiger partial charge in [0.25, 0.3) is 0 Å². The van der Waals surface area contributed by atoms with Gasteiger partial charge in [0.1, 0.15) is 0 Å². The van der Waals surface area contributed by atoms with Gasteiger partial charge in [-0.15, -0.1) is 0 Å². The van der Waals surface area contributed by atoms with Gasteiger partial charge in [0.2, 0.25) is 0 Å². The third kappa shape index (κ3) is 125. The fourth-order valence-corrected chi connectivity index (χ4v) is 19.8. The summed E-state index contributed by atoms with van der Waals surface area (Å²) in [7, 11) is 0. The summed E-state index contributed by atoms with van der Waals surface area (Å²) in [6.45, 7) is 27.0. The maximum Gasteiger partial charge on any atom is 4.00 e. The van der Waals surface area contributed by atoms with Gasteiger partial charge in [-0.3, -0.25) is 0 Å². The summed E-state index contributed by atoms with van der Waals surface area (Å²) in [5.41, 5.74) is 0. The van der Waals surface area contributed by atoms with E-state index in [1.54, 1.807) is 0 Å². The van der Waals surface area contributed by atoms with Crippen LogP contribution in [0.2, 0.25) is 0 Å². The van der Waals surface area contributed by atoms with Gasteiger partial charge in [-0.2, -0.15) is 0 Å². The standard InChI is InChI=1S/4C29H59NS2.Pb/c4*1-3-5-7-9-11-13-15-17-19-21-23-25-27-30(29(31)32)28-26-24-22-20-18-16-14-12-10-8-6-4-2;/h4*3-28H2,1-2H3,(H,31,32);/q;;;;+4/p-4. The molecule has 0 unspecified atom stereocenters. The SMILES string of the molecule is CCCCCCCCCCCCCCN(CCCCCCCCCCCCCC)C(=S)[S-].CCCCCCCCCCCCCCN(CCCCCCCCCCCCCC)C(=S)[S-].CCCCCCCCCCCCCCN(CCCCCCCCCCCCCC)C(=S)[S-].CCCCCCCCCCCCCCN(CCCCCCCCCCCCCC)C(=S)[S-].[Pb+4]. The van der Waals surface area contributed by atoms with Crippen molar-refractivity contribution in [2.24, 2.45) is 0 Å². The van der Waals surface area contributed by atoms with E-state index in [0.717, 1.165) is 52.4 Å². The van der Waals surface area contributed by atoms with E-state index in [-0.39, 0.29) is 27.3 Å². The van der Waals surface area contributed by atoms with Crippen LogP contribution in [0.25, 0.3) is 0 Å². The first-order chi connectivity index (χ1) is 62.9. The molecule has 0 bridgehead atoms. The van der Waals surface area contributed by atoms with Crippen LogP contribution >= 0.6 is 48.9 Å². The second-order valence-corrected chi connectivity index (χ2v) is 44.3. The smallest absolute Gasteiger partial charge is 0.411 e. The van der Waals surface area contributed by atoms with Crippen LogP contribution in [0.15, 0.2) is 0 Å². The molecule has 0 aromatic carbocycles. The molecule has 0 rings (SSSR count). The Labute approximate surface area is 879 Å². The number of nitrogens with zero attached hydrogens (tertiary/aromatic N) is 4. The number of hydrogen-bond acceptors (Lipinski definition) is 8. The third-order valence-electron chi connectivity index (χ3n) is 27.3. The van der Waals surface area contributed by atoms with Crippen LogP contribution in [0.3, 0.4) is 0 Å². The Bertz CT molecular complexity index is 1670. The molecule has 0 atom stereocenters. The average Bonchev–Trinajstić information content (AvgIpc) is 0.982. The molecule has 0 saturated carbocycles. The number of unbranched alkanes of at least 4 members (excludes halogenated alkanes) is 88. The molecule has 13 heteroatoms. The molecule has 0 amide bonds. The van der Waals surface area contributed by atoms with Crippen molar-refractivity contribution in [3.63, 3.8) is 0 Å². The molecule has 0 aliphatic heterocycles. The van der Waals surface area contributed by atoms with Gasteiger partial charge in [0.15, 0.2) is 0 Å². The van der Waals surface area contributed by atoms with Crippen LogP contribution in [-0.2, 0) is 50.5 Å². The van der Waals surface area contributed by atoms with E-state index in [0.29, 0.717) is 17.3 Å². The van der Waals surface area contributed by atoms with Gasteiger partial charge in [-0.05, 0) is 51.4 Å². The van der Waals surface area contributed by atoms with Crippen LogP contribution in [0.4, 0.5) is 0 Å². The van der Waals surface area contributed by atoms with Gasteiger partial charge in [-0.25, -0.2) is 0 Å². The van der Waals surface area contributed by atoms with E-state index in [1.165, 1.54) is 616 Å². The van der Waals surface area contributed by atoms with Crippen molar-refractivity contribution in [3.05, 3.63) is 0 Å². The summed E-state index contributed by atoms with van der Waals surface area (Å²) in [5, 5.41) is 0. The van der Waals surface area contributed by atoms with Crippen molar-refractivity contribution in [1.29, 1.82) is 0 Å². The zero-order valence-corrected chi connectivity index (χ0v) is 99.5. The topological polar surface area (TPSA) is 13.0 Å². The van der Waals surface area contributed by atoms with E-state index in [1.807, 2.05) is 0 Å². The number of thiocarbonyl (C=S) groups is 4. The molecular formula is C116H232N4PbS8. The Hall–Kier alpha value is 1.36. The molecule has 0 heterocycles. The molecule has 0 aliphatic rings. The Morgan fingerprint density at radius 1 is 0.116 bits per heavy atom. The summed E-state index contributed by atoms with van der Waals surface area (Å²) in [5.74, 6) is 0.